The molecule has 0 radical (unpaired) electrons. The first-order valence-electron chi connectivity index (χ1n) is 9.69. The molecule has 10 heteroatoms. The third-order valence-corrected chi connectivity index (χ3v) is 5.87. The van der Waals surface area contributed by atoms with Crippen LogP contribution in [0.3, 0.4) is 0 Å². The Kier molecular flexibility index (Phi) is 7.01. The van der Waals surface area contributed by atoms with Crippen LogP contribution in [0.5, 0.6) is 0 Å². The number of nitrogens with zero attached hydrogens (tertiary/aromatic N) is 1. The minimum absolute atomic E-state index is 0.190. The van der Waals surface area contributed by atoms with Crippen LogP contribution in [0.25, 0.3) is 0 Å². The van der Waals surface area contributed by atoms with E-state index < -0.39 is 35.6 Å². The molecular weight excluding hydrogens is 425 g/mol. The average Bonchev–Trinajstić information content (AvgIpc) is 3.22. The number of hydrogen-bond acceptors (Lipinski definition) is 6. The van der Waals surface area contributed by atoms with Crippen LogP contribution in [-0.4, -0.2) is 47.8 Å². The molecule has 1 aliphatic heterocycles. The smallest absolute Gasteiger partial charge is 0.309 e. The molecule has 3 N–H and O–H groups in total. The first kappa shape index (κ1) is 22.4. The number of halogens is 1. The summed E-state index contributed by atoms with van der Waals surface area (Å²) in [5, 5.41) is 4.46. The molecular formula is C21H22FN3O5S. The van der Waals surface area contributed by atoms with E-state index >= 15 is 0 Å². The molecule has 2 heterocycles. The SMILES string of the molecule is CC(OC(=O)C1CCN(C(=O)c2ccc(F)cc2)CC1)C(=O)Nc1sccc1C(N)=O. The van der Waals surface area contributed by atoms with E-state index in [1.165, 1.54) is 37.3 Å². The van der Waals surface area contributed by atoms with Gasteiger partial charge in [0.2, 0.25) is 0 Å². The van der Waals surface area contributed by atoms with Gasteiger partial charge in [-0.2, -0.15) is 0 Å². The van der Waals surface area contributed by atoms with Gasteiger partial charge in [0.15, 0.2) is 6.10 Å². The van der Waals surface area contributed by atoms with Crippen LogP contribution >= 0.6 is 11.3 Å². The number of likely N-dealkylation sites (tertiary alicyclic amines) is 1. The number of rotatable bonds is 6. The predicted octanol–water partition coefficient (Wildman–Crippen LogP) is 2.41. The maximum atomic E-state index is 13.0. The van der Waals surface area contributed by atoms with Gasteiger partial charge in [-0.15, -0.1) is 11.3 Å². The first-order chi connectivity index (χ1) is 14.8. The van der Waals surface area contributed by atoms with Gasteiger partial charge in [0.25, 0.3) is 17.7 Å². The zero-order valence-electron chi connectivity index (χ0n) is 16.8. The molecule has 8 nitrogen and oxygen atoms in total. The van der Waals surface area contributed by atoms with Crippen LogP contribution in [0.1, 0.15) is 40.5 Å². The van der Waals surface area contributed by atoms with Crippen molar-refractivity contribution in [1.29, 1.82) is 0 Å². The number of hydrogen-bond donors (Lipinski definition) is 2. The topological polar surface area (TPSA) is 119 Å². The zero-order valence-corrected chi connectivity index (χ0v) is 17.6. The van der Waals surface area contributed by atoms with Crippen LogP contribution in [0.15, 0.2) is 35.7 Å². The van der Waals surface area contributed by atoms with E-state index in [-0.39, 0.29) is 11.5 Å². The van der Waals surface area contributed by atoms with Gasteiger partial charge in [0, 0.05) is 18.7 Å². The number of nitrogens with two attached hydrogens (primary N) is 1. The molecule has 1 aliphatic rings. The monoisotopic (exact) mass is 447 g/mol. The normalized spacial score (nSPS) is 15.2. The maximum Gasteiger partial charge on any atom is 0.309 e. The molecule has 0 saturated carbocycles. The van der Waals surface area contributed by atoms with Crippen LogP contribution in [-0.2, 0) is 14.3 Å². The Bertz CT molecular complexity index is 983. The van der Waals surface area contributed by atoms with Crippen molar-refractivity contribution in [3.63, 3.8) is 0 Å². The fourth-order valence-corrected chi connectivity index (χ4v) is 4.03. The minimum atomic E-state index is -1.06. The lowest BCUT2D eigenvalue weighted by molar-refractivity contribution is -0.158. The third kappa shape index (κ3) is 5.46. The van der Waals surface area contributed by atoms with E-state index in [0.29, 0.717) is 36.5 Å². The third-order valence-electron chi connectivity index (χ3n) is 5.04. The lowest BCUT2D eigenvalue weighted by Gasteiger charge is -2.31. The molecule has 1 unspecified atom stereocenters. The molecule has 0 aliphatic carbocycles. The Balaban J connectivity index is 1.49. The maximum absolute atomic E-state index is 13.0. The quantitative estimate of drug-likeness (QED) is 0.659. The number of ether oxygens (including phenoxy) is 1. The van der Waals surface area contributed by atoms with Crippen molar-refractivity contribution in [3.8, 4) is 0 Å². The number of anilines is 1. The molecule has 1 saturated heterocycles. The Hall–Kier alpha value is -3.27. The van der Waals surface area contributed by atoms with E-state index in [9.17, 15) is 23.6 Å². The fourth-order valence-electron chi connectivity index (χ4n) is 3.23. The highest BCUT2D eigenvalue weighted by Gasteiger charge is 2.31. The van der Waals surface area contributed by atoms with Crippen LogP contribution in [0.2, 0.25) is 0 Å². The van der Waals surface area contributed by atoms with E-state index in [0.717, 1.165) is 11.3 Å². The van der Waals surface area contributed by atoms with Gasteiger partial charge in [-0.05, 0) is 55.5 Å². The summed E-state index contributed by atoms with van der Waals surface area (Å²) in [5.41, 5.74) is 5.83. The van der Waals surface area contributed by atoms with Crippen molar-refractivity contribution in [2.75, 3.05) is 18.4 Å². The summed E-state index contributed by atoms with van der Waals surface area (Å²) in [4.78, 5) is 50.2. The van der Waals surface area contributed by atoms with Crippen molar-refractivity contribution >= 4 is 40.0 Å². The Labute approximate surface area is 182 Å². The van der Waals surface area contributed by atoms with Gasteiger partial charge < -0.3 is 20.7 Å². The van der Waals surface area contributed by atoms with E-state index in [4.69, 9.17) is 10.5 Å². The second-order valence-corrected chi connectivity index (χ2v) is 8.09. The molecule has 0 bridgehead atoms. The number of amides is 3. The van der Waals surface area contributed by atoms with Crippen molar-refractivity contribution in [3.05, 3.63) is 52.7 Å². The van der Waals surface area contributed by atoms with Gasteiger partial charge in [0.1, 0.15) is 10.8 Å². The molecule has 1 fully saturated rings. The summed E-state index contributed by atoms with van der Waals surface area (Å²) in [6, 6.07) is 6.81. The van der Waals surface area contributed by atoms with E-state index in [1.807, 2.05) is 0 Å². The van der Waals surface area contributed by atoms with Crippen LogP contribution in [0, 0.1) is 11.7 Å². The summed E-state index contributed by atoms with van der Waals surface area (Å²) < 4.78 is 18.3. The Morgan fingerprint density at radius 1 is 1.16 bits per heavy atom. The standard InChI is InChI=1S/C21H22FN3O5S/c1-12(18(27)24-19-16(17(23)26)8-11-31-19)30-21(29)14-6-9-25(10-7-14)20(28)13-2-4-15(22)5-3-13/h2-5,8,11-12,14H,6-7,9-10H2,1H3,(H2,23,26)(H,24,27). The highest BCUT2D eigenvalue weighted by atomic mass is 32.1. The molecule has 31 heavy (non-hydrogen) atoms. The summed E-state index contributed by atoms with van der Waals surface area (Å²) in [5.74, 6) is -2.82. The Morgan fingerprint density at radius 2 is 1.81 bits per heavy atom. The lowest BCUT2D eigenvalue weighted by Crippen LogP contribution is -2.41. The number of nitrogens with one attached hydrogen (secondary N) is 1. The fraction of sp³-hybridized carbons (Fsp3) is 0.333. The van der Waals surface area contributed by atoms with Gasteiger partial charge in [-0.1, -0.05) is 0 Å². The number of benzene rings is 1. The number of primary amides is 1. The molecule has 2 aromatic rings. The Morgan fingerprint density at radius 3 is 2.42 bits per heavy atom. The van der Waals surface area contributed by atoms with Crippen molar-refractivity contribution in [2.24, 2.45) is 11.7 Å². The summed E-state index contributed by atoms with van der Waals surface area (Å²) in [6.07, 6.45) is -0.262. The molecule has 3 amide bonds. The van der Waals surface area contributed by atoms with Crippen LogP contribution in [0.4, 0.5) is 9.39 Å². The number of carbonyl (C=O) groups is 4. The second kappa shape index (κ2) is 9.69. The predicted molar refractivity (Wildman–Crippen MR) is 112 cm³/mol. The number of esters is 1. The molecule has 3 rings (SSSR count). The largest absolute Gasteiger partial charge is 0.452 e. The average molecular weight is 447 g/mol. The molecule has 1 aromatic carbocycles. The highest BCUT2D eigenvalue weighted by Crippen LogP contribution is 2.24. The highest BCUT2D eigenvalue weighted by molar-refractivity contribution is 7.14. The van der Waals surface area contributed by atoms with Crippen molar-refractivity contribution in [1.82, 2.24) is 4.90 Å². The van der Waals surface area contributed by atoms with Gasteiger partial charge >= 0.3 is 5.97 Å². The van der Waals surface area contributed by atoms with Gasteiger partial charge in [0.05, 0.1) is 11.5 Å². The zero-order chi connectivity index (χ0) is 22.5. The number of thiophene rings is 1. The van der Waals surface area contributed by atoms with Gasteiger partial charge in [-0.3, -0.25) is 19.2 Å². The van der Waals surface area contributed by atoms with Gasteiger partial charge in [-0.25, -0.2) is 4.39 Å². The molecule has 1 aromatic heterocycles. The minimum Gasteiger partial charge on any atom is -0.452 e. The lowest BCUT2D eigenvalue weighted by atomic mass is 9.96. The van der Waals surface area contributed by atoms with E-state index in [1.54, 1.807) is 10.3 Å². The van der Waals surface area contributed by atoms with Crippen molar-refractivity contribution in [2.45, 2.75) is 25.9 Å². The number of piperidine rings is 1. The van der Waals surface area contributed by atoms with Crippen LogP contribution < -0.4 is 11.1 Å². The molecule has 1 atom stereocenters. The molecule has 0 spiro atoms. The first-order valence-corrected chi connectivity index (χ1v) is 10.6. The summed E-state index contributed by atoms with van der Waals surface area (Å²) in [7, 11) is 0. The van der Waals surface area contributed by atoms with Crippen molar-refractivity contribution < 1.29 is 28.3 Å². The number of carbonyl (C=O) groups excluding carboxylic acids is 4. The molecule has 164 valence electrons. The van der Waals surface area contributed by atoms with E-state index in [2.05, 4.69) is 5.32 Å². The summed E-state index contributed by atoms with van der Waals surface area (Å²) in [6.45, 7) is 2.15. The second-order valence-electron chi connectivity index (χ2n) is 7.17. The summed E-state index contributed by atoms with van der Waals surface area (Å²) >= 11 is 1.14.